The molecule has 0 spiro atoms. The Labute approximate surface area is 167 Å². The average Bonchev–Trinajstić information content (AvgIpc) is 2.64. The SMILES string of the molecule is CC(O)CC(Oc1ccccc1CCc1cccc(OC(F)(F)F)c1)N(C)CF. The number of para-hydroxylation sites is 1. The van der Waals surface area contributed by atoms with Crippen molar-refractivity contribution in [1.29, 1.82) is 0 Å². The molecule has 0 fully saturated rings. The zero-order valence-corrected chi connectivity index (χ0v) is 16.3. The predicted molar refractivity (Wildman–Crippen MR) is 101 cm³/mol. The van der Waals surface area contributed by atoms with Gasteiger partial charge in [-0.25, -0.2) is 9.29 Å². The Morgan fingerprint density at radius 3 is 2.45 bits per heavy atom. The first-order chi connectivity index (χ1) is 13.7. The molecule has 2 aromatic carbocycles. The first-order valence-electron chi connectivity index (χ1n) is 9.21. The van der Waals surface area contributed by atoms with Crippen LogP contribution in [-0.4, -0.2) is 42.5 Å². The van der Waals surface area contributed by atoms with Crippen LogP contribution in [0, 0.1) is 0 Å². The zero-order valence-electron chi connectivity index (χ0n) is 16.3. The summed E-state index contributed by atoms with van der Waals surface area (Å²) < 4.78 is 60.2. The Kier molecular flexibility index (Phi) is 8.28. The molecule has 0 bridgehead atoms. The third kappa shape index (κ3) is 7.91. The van der Waals surface area contributed by atoms with E-state index in [2.05, 4.69) is 4.74 Å². The lowest BCUT2D eigenvalue weighted by Gasteiger charge is -2.28. The maximum absolute atomic E-state index is 13.1. The Hall–Kier alpha value is -2.32. The molecule has 0 aliphatic heterocycles. The molecule has 1 N–H and O–H groups in total. The molecule has 160 valence electrons. The number of rotatable bonds is 10. The third-order valence-corrected chi connectivity index (χ3v) is 4.27. The summed E-state index contributed by atoms with van der Waals surface area (Å²) in [6.45, 7) is 0.871. The van der Waals surface area contributed by atoms with Gasteiger partial charge >= 0.3 is 6.36 Å². The van der Waals surface area contributed by atoms with E-state index in [4.69, 9.17) is 4.74 Å². The van der Waals surface area contributed by atoms with Gasteiger partial charge in [0.25, 0.3) is 0 Å². The highest BCUT2D eigenvalue weighted by atomic mass is 19.4. The van der Waals surface area contributed by atoms with Crippen molar-refractivity contribution in [2.24, 2.45) is 0 Å². The summed E-state index contributed by atoms with van der Waals surface area (Å²) in [5.74, 6) is 0.280. The van der Waals surface area contributed by atoms with Gasteiger partial charge in [0.1, 0.15) is 18.3 Å². The molecule has 8 heteroatoms. The normalized spacial score (nSPS) is 13.9. The molecule has 2 rings (SSSR count). The molecule has 2 aromatic rings. The van der Waals surface area contributed by atoms with E-state index in [-0.39, 0.29) is 12.2 Å². The van der Waals surface area contributed by atoms with Gasteiger partial charge in [-0.3, -0.25) is 0 Å². The van der Waals surface area contributed by atoms with Crippen LogP contribution in [0.4, 0.5) is 17.6 Å². The van der Waals surface area contributed by atoms with Gasteiger partial charge in [0.15, 0.2) is 6.23 Å². The lowest BCUT2D eigenvalue weighted by Crippen LogP contribution is -2.38. The van der Waals surface area contributed by atoms with Crippen LogP contribution in [-0.2, 0) is 12.8 Å². The molecule has 29 heavy (non-hydrogen) atoms. The lowest BCUT2D eigenvalue weighted by atomic mass is 10.0. The largest absolute Gasteiger partial charge is 0.573 e. The van der Waals surface area contributed by atoms with E-state index < -0.39 is 25.5 Å². The van der Waals surface area contributed by atoms with Crippen molar-refractivity contribution in [3.8, 4) is 11.5 Å². The van der Waals surface area contributed by atoms with Gasteiger partial charge in [-0.15, -0.1) is 13.2 Å². The van der Waals surface area contributed by atoms with E-state index in [1.54, 1.807) is 32.2 Å². The third-order valence-electron chi connectivity index (χ3n) is 4.27. The second kappa shape index (κ2) is 10.5. The highest BCUT2D eigenvalue weighted by Gasteiger charge is 2.31. The summed E-state index contributed by atoms with van der Waals surface area (Å²) in [5, 5.41) is 9.65. The summed E-state index contributed by atoms with van der Waals surface area (Å²) in [6.07, 6.45) is -4.85. The molecule has 0 aromatic heterocycles. The Balaban J connectivity index is 2.10. The van der Waals surface area contributed by atoms with E-state index in [0.717, 1.165) is 5.56 Å². The second-order valence-corrected chi connectivity index (χ2v) is 6.84. The molecule has 0 radical (unpaired) electrons. The van der Waals surface area contributed by atoms with Crippen LogP contribution in [0.1, 0.15) is 24.5 Å². The van der Waals surface area contributed by atoms with Crippen LogP contribution in [0.3, 0.4) is 0 Å². The molecule has 0 heterocycles. The first-order valence-corrected chi connectivity index (χ1v) is 9.21. The highest BCUT2D eigenvalue weighted by molar-refractivity contribution is 5.35. The van der Waals surface area contributed by atoms with Gasteiger partial charge < -0.3 is 14.6 Å². The zero-order chi connectivity index (χ0) is 21.4. The highest BCUT2D eigenvalue weighted by Crippen LogP contribution is 2.26. The molecular formula is C21H25F4NO3. The quantitative estimate of drug-likeness (QED) is 0.347. The van der Waals surface area contributed by atoms with E-state index in [0.29, 0.717) is 24.2 Å². The number of hydrogen-bond donors (Lipinski definition) is 1. The number of benzene rings is 2. The van der Waals surface area contributed by atoms with Crippen molar-refractivity contribution in [1.82, 2.24) is 4.90 Å². The second-order valence-electron chi connectivity index (χ2n) is 6.84. The summed E-state index contributed by atoms with van der Waals surface area (Å²) >= 11 is 0. The number of hydrogen-bond acceptors (Lipinski definition) is 4. The van der Waals surface area contributed by atoms with Crippen molar-refractivity contribution in [2.75, 3.05) is 13.8 Å². The van der Waals surface area contributed by atoms with E-state index >= 15 is 0 Å². The summed E-state index contributed by atoms with van der Waals surface area (Å²) in [6, 6.07) is 13.0. The fraction of sp³-hybridized carbons (Fsp3) is 0.429. The van der Waals surface area contributed by atoms with Gasteiger partial charge in [0, 0.05) is 6.42 Å². The van der Waals surface area contributed by atoms with Crippen molar-refractivity contribution in [2.45, 2.75) is 44.9 Å². The molecule has 0 saturated carbocycles. The first kappa shape index (κ1) is 23.0. The summed E-state index contributed by atoms with van der Waals surface area (Å²) in [7, 11) is 1.56. The summed E-state index contributed by atoms with van der Waals surface area (Å²) in [5.41, 5.74) is 1.51. The molecule has 0 aliphatic rings. The van der Waals surface area contributed by atoms with Crippen LogP contribution >= 0.6 is 0 Å². The minimum Gasteiger partial charge on any atom is -0.475 e. The molecule has 0 saturated heterocycles. The van der Waals surface area contributed by atoms with E-state index in [1.165, 1.54) is 23.1 Å². The molecule has 4 nitrogen and oxygen atoms in total. The van der Waals surface area contributed by atoms with Gasteiger partial charge in [-0.2, -0.15) is 0 Å². The molecule has 2 unspecified atom stereocenters. The smallest absolute Gasteiger partial charge is 0.475 e. The van der Waals surface area contributed by atoms with Crippen LogP contribution in [0.2, 0.25) is 0 Å². The van der Waals surface area contributed by atoms with Crippen molar-refractivity contribution < 1.29 is 32.1 Å². The van der Waals surface area contributed by atoms with Gasteiger partial charge in [-0.1, -0.05) is 30.3 Å². The van der Waals surface area contributed by atoms with Crippen LogP contribution in [0.15, 0.2) is 48.5 Å². The lowest BCUT2D eigenvalue weighted by molar-refractivity contribution is -0.274. The summed E-state index contributed by atoms with van der Waals surface area (Å²) in [4.78, 5) is 1.35. The molecule has 2 atom stereocenters. The monoisotopic (exact) mass is 415 g/mol. The van der Waals surface area contributed by atoms with Crippen molar-refractivity contribution in [3.05, 3.63) is 59.7 Å². The number of nitrogens with zero attached hydrogens (tertiary/aromatic N) is 1. The van der Waals surface area contributed by atoms with Crippen LogP contribution < -0.4 is 9.47 Å². The Bertz CT molecular complexity index is 768. The standard InChI is InChI=1S/C21H25F4NO3/c1-15(27)12-20(26(2)14-22)28-19-9-4-3-7-17(19)11-10-16-6-5-8-18(13-16)29-21(23,24)25/h3-9,13,15,20,27H,10-12,14H2,1-2H3. The number of aliphatic hydroxyl groups excluding tert-OH is 1. The van der Waals surface area contributed by atoms with Crippen LogP contribution in [0.5, 0.6) is 11.5 Å². The molecule has 0 aliphatic carbocycles. The number of halogens is 4. The molecular weight excluding hydrogens is 390 g/mol. The number of aryl methyl sites for hydroxylation is 2. The Morgan fingerprint density at radius 1 is 1.07 bits per heavy atom. The average molecular weight is 415 g/mol. The number of aliphatic hydroxyl groups is 1. The maximum Gasteiger partial charge on any atom is 0.573 e. The fourth-order valence-corrected chi connectivity index (χ4v) is 2.84. The topological polar surface area (TPSA) is 41.9 Å². The fourth-order valence-electron chi connectivity index (χ4n) is 2.84. The van der Waals surface area contributed by atoms with Gasteiger partial charge in [0.2, 0.25) is 0 Å². The van der Waals surface area contributed by atoms with Crippen molar-refractivity contribution >= 4 is 0 Å². The van der Waals surface area contributed by atoms with E-state index in [9.17, 15) is 22.7 Å². The van der Waals surface area contributed by atoms with E-state index in [1.807, 2.05) is 12.1 Å². The number of ether oxygens (including phenoxy) is 2. The molecule has 0 amide bonds. The van der Waals surface area contributed by atoms with Gasteiger partial charge in [0.05, 0.1) is 6.10 Å². The predicted octanol–water partition coefficient (Wildman–Crippen LogP) is 4.71. The van der Waals surface area contributed by atoms with Crippen LogP contribution in [0.25, 0.3) is 0 Å². The van der Waals surface area contributed by atoms with Gasteiger partial charge in [-0.05, 0) is 56.1 Å². The maximum atomic E-state index is 13.1. The minimum atomic E-state index is -4.74. The Morgan fingerprint density at radius 2 is 1.79 bits per heavy atom. The number of alkyl halides is 4. The minimum absolute atomic E-state index is 0.228. The van der Waals surface area contributed by atoms with Crippen molar-refractivity contribution in [3.63, 3.8) is 0 Å².